The molecule has 1 unspecified atom stereocenters. The van der Waals surface area contributed by atoms with Crippen molar-refractivity contribution in [3.05, 3.63) is 47.3 Å². The first-order valence-corrected chi connectivity index (χ1v) is 8.10. The summed E-state index contributed by atoms with van der Waals surface area (Å²) in [5, 5.41) is 10.2. The van der Waals surface area contributed by atoms with Gasteiger partial charge in [-0.2, -0.15) is 18.3 Å². The Balaban J connectivity index is 1.77. The molecule has 1 aromatic heterocycles. The Bertz CT molecular complexity index is 763. The monoisotopic (exact) mass is 352 g/mol. The second-order valence-electron chi connectivity index (χ2n) is 6.11. The van der Waals surface area contributed by atoms with Crippen LogP contribution in [0.5, 0.6) is 0 Å². The van der Waals surface area contributed by atoms with Gasteiger partial charge in [-0.05, 0) is 44.5 Å². The number of aromatic nitrogens is 2. The summed E-state index contributed by atoms with van der Waals surface area (Å²) in [4.78, 5) is 12.3. The fourth-order valence-electron chi connectivity index (χ4n) is 2.95. The zero-order valence-electron chi connectivity index (χ0n) is 13.7. The Morgan fingerprint density at radius 1 is 1.44 bits per heavy atom. The number of hydrogen-bond donors (Lipinski definition) is 2. The predicted octanol–water partition coefficient (Wildman–Crippen LogP) is 2.68. The number of alkyl halides is 3. The molecule has 0 spiro atoms. The molecule has 25 heavy (non-hydrogen) atoms. The number of hydrogen-bond acceptors (Lipinski definition) is 3. The van der Waals surface area contributed by atoms with Crippen molar-refractivity contribution in [2.75, 3.05) is 13.1 Å². The summed E-state index contributed by atoms with van der Waals surface area (Å²) in [6.07, 6.45) is -0.936. The highest BCUT2D eigenvalue weighted by molar-refractivity contribution is 5.95. The maximum atomic E-state index is 12.9. The third kappa shape index (κ3) is 3.84. The number of nitrogens with zero attached hydrogens (tertiary/aromatic N) is 2. The summed E-state index contributed by atoms with van der Waals surface area (Å²) in [7, 11) is 0. The molecule has 0 bridgehead atoms. The lowest BCUT2D eigenvalue weighted by atomic mass is 10.2. The lowest BCUT2D eigenvalue weighted by molar-refractivity contribution is -0.137. The minimum Gasteiger partial charge on any atom is -0.350 e. The van der Waals surface area contributed by atoms with Gasteiger partial charge in [-0.15, -0.1) is 0 Å². The minimum absolute atomic E-state index is 0.266. The number of carbonyl (C=O) groups is 1. The fraction of sp³-hybridized carbons (Fsp3) is 0.412. The molecule has 3 rings (SSSR count). The van der Waals surface area contributed by atoms with Gasteiger partial charge in [0.2, 0.25) is 0 Å². The second kappa shape index (κ2) is 6.87. The van der Waals surface area contributed by atoms with Gasteiger partial charge in [0, 0.05) is 12.6 Å². The molecular formula is C17H19F3N4O. The smallest absolute Gasteiger partial charge is 0.350 e. The molecule has 2 N–H and O–H groups in total. The molecule has 0 saturated carbocycles. The Kier molecular flexibility index (Phi) is 4.80. The number of carbonyl (C=O) groups excluding carboxylic acids is 1. The van der Waals surface area contributed by atoms with Crippen molar-refractivity contribution >= 4 is 5.91 Å². The quantitative estimate of drug-likeness (QED) is 0.890. The third-order valence-electron chi connectivity index (χ3n) is 4.34. The highest BCUT2D eigenvalue weighted by Crippen LogP contribution is 2.30. The van der Waals surface area contributed by atoms with E-state index in [1.165, 1.54) is 23.0 Å². The van der Waals surface area contributed by atoms with Gasteiger partial charge < -0.3 is 10.6 Å². The highest BCUT2D eigenvalue weighted by atomic mass is 19.4. The molecule has 1 aromatic carbocycles. The Labute approximate surface area is 143 Å². The lowest BCUT2D eigenvalue weighted by Crippen LogP contribution is -2.37. The molecule has 2 heterocycles. The molecule has 8 heteroatoms. The van der Waals surface area contributed by atoms with Gasteiger partial charge in [-0.1, -0.05) is 6.07 Å². The number of rotatable bonds is 4. The van der Waals surface area contributed by atoms with Crippen molar-refractivity contribution in [1.82, 2.24) is 20.4 Å². The number of nitrogens with one attached hydrogen (secondary N) is 2. The van der Waals surface area contributed by atoms with E-state index < -0.39 is 11.7 Å². The summed E-state index contributed by atoms with van der Waals surface area (Å²) in [5.74, 6) is -0.274. The molecule has 134 valence electrons. The molecule has 1 aliphatic rings. The van der Waals surface area contributed by atoms with Crippen molar-refractivity contribution < 1.29 is 18.0 Å². The molecule has 1 saturated heterocycles. The van der Waals surface area contributed by atoms with E-state index in [9.17, 15) is 18.0 Å². The molecule has 2 aromatic rings. The van der Waals surface area contributed by atoms with Crippen molar-refractivity contribution in [2.45, 2.75) is 32.0 Å². The molecule has 1 aliphatic heterocycles. The summed E-state index contributed by atoms with van der Waals surface area (Å²) in [5.41, 5.74) is 0.369. The van der Waals surface area contributed by atoms with Gasteiger partial charge in [-0.3, -0.25) is 4.79 Å². The molecule has 1 fully saturated rings. The third-order valence-corrected chi connectivity index (χ3v) is 4.34. The van der Waals surface area contributed by atoms with Gasteiger partial charge in [0.1, 0.15) is 0 Å². The molecular weight excluding hydrogens is 333 g/mol. The minimum atomic E-state index is -4.43. The second-order valence-corrected chi connectivity index (χ2v) is 6.11. The summed E-state index contributed by atoms with van der Waals surface area (Å²) in [6, 6.07) is 5.14. The van der Waals surface area contributed by atoms with Gasteiger partial charge in [0.15, 0.2) is 0 Å². The summed E-state index contributed by atoms with van der Waals surface area (Å²) in [6.45, 7) is 3.13. The fourth-order valence-corrected chi connectivity index (χ4v) is 2.95. The van der Waals surface area contributed by atoms with Crippen LogP contribution in [-0.4, -0.2) is 34.8 Å². The van der Waals surface area contributed by atoms with E-state index in [4.69, 9.17) is 0 Å². The van der Waals surface area contributed by atoms with Gasteiger partial charge in [-0.25, -0.2) is 4.68 Å². The van der Waals surface area contributed by atoms with Gasteiger partial charge in [0.05, 0.1) is 28.7 Å². The number of amides is 1. The van der Waals surface area contributed by atoms with Crippen LogP contribution in [0.2, 0.25) is 0 Å². The van der Waals surface area contributed by atoms with Crippen LogP contribution in [0.4, 0.5) is 13.2 Å². The molecule has 1 atom stereocenters. The zero-order valence-corrected chi connectivity index (χ0v) is 13.7. The van der Waals surface area contributed by atoms with Crippen LogP contribution in [0.1, 0.15) is 34.5 Å². The average molecular weight is 352 g/mol. The van der Waals surface area contributed by atoms with Crippen LogP contribution in [0.15, 0.2) is 30.5 Å². The average Bonchev–Trinajstić information content (AvgIpc) is 3.21. The molecule has 1 amide bonds. The van der Waals surface area contributed by atoms with E-state index in [1.54, 1.807) is 6.92 Å². The molecule has 0 radical (unpaired) electrons. The standard InChI is InChI=1S/C17H19F3N4O/c1-11-15(16(25)22-9-13-5-3-7-21-13)10-23-24(11)14-6-2-4-12(8-14)17(18,19)20/h2,4,6,8,10,13,21H,3,5,7,9H2,1H3,(H,22,25). The van der Waals surface area contributed by atoms with E-state index >= 15 is 0 Å². The summed E-state index contributed by atoms with van der Waals surface area (Å²) < 4.78 is 39.9. The van der Waals surface area contributed by atoms with Crippen LogP contribution in [0.3, 0.4) is 0 Å². The Morgan fingerprint density at radius 2 is 2.24 bits per heavy atom. The van der Waals surface area contributed by atoms with Crippen LogP contribution in [0.25, 0.3) is 5.69 Å². The first kappa shape index (κ1) is 17.5. The van der Waals surface area contributed by atoms with E-state index in [0.29, 0.717) is 17.8 Å². The SMILES string of the molecule is Cc1c(C(=O)NCC2CCCN2)cnn1-c1cccc(C(F)(F)F)c1. The van der Waals surface area contributed by atoms with Crippen LogP contribution in [-0.2, 0) is 6.18 Å². The first-order valence-electron chi connectivity index (χ1n) is 8.10. The van der Waals surface area contributed by atoms with Gasteiger partial charge >= 0.3 is 6.18 Å². The summed E-state index contributed by atoms with van der Waals surface area (Å²) >= 11 is 0. The van der Waals surface area contributed by atoms with E-state index in [0.717, 1.165) is 31.5 Å². The van der Waals surface area contributed by atoms with Crippen molar-refractivity contribution in [3.63, 3.8) is 0 Å². The van der Waals surface area contributed by atoms with E-state index in [1.807, 2.05) is 0 Å². The Hall–Kier alpha value is -2.35. The predicted molar refractivity (Wildman–Crippen MR) is 86.7 cm³/mol. The van der Waals surface area contributed by atoms with Crippen molar-refractivity contribution in [3.8, 4) is 5.69 Å². The highest BCUT2D eigenvalue weighted by Gasteiger charge is 2.30. The molecule has 0 aliphatic carbocycles. The largest absolute Gasteiger partial charge is 0.416 e. The van der Waals surface area contributed by atoms with Crippen molar-refractivity contribution in [2.24, 2.45) is 0 Å². The lowest BCUT2D eigenvalue weighted by Gasteiger charge is -2.12. The van der Waals surface area contributed by atoms with Crippen molar-refractivity contribution in [1.29, 1.82) is 0 Å². The normalized spacial score (nSPS) is 17.7. The number of halogens is 3. The first-order chi connectivity index (χ1) is 11.9. The molecule has 5 nitrogen and oxygen atoms in total. The van der Waals surface area contributed by atoms with Crippen LogP contribution >= 0.6 is 0 Å². The van der Waals surface area contributed by atoms with Gasteiger partial charge in [0.25, 0.3) is 5.91 Å². The Morgan fingerprint density at radius 3 is 2.92 bits per heavy atom. The van der Waals surface area contributed by atoms with Crippen LogP contribution in [0, 0.1) is 6.92 Å². The topological polar surface area (TPSA) is 59.0 Å². The van der Waals surface area contributed by atoms with E-state index in [-0.39, 0.29) is 17.6 Å². The maximum Gasteiger partial charge on any atom is 0.416 e. The zero-order chi connectivity index (χ0) is 18.0. The maximum absolute atomic E-state index is 12.9. The van der Waals surface area contributed by atoms with Crippen LogP contribution < -0.4 is 10.6 Å². The van der Waals surface area contributed by atoms with E-state index in [2.05, 4.69) is 15.7 Å². The number of benzene rings is 1.